The van der Waals surface area contributed by atoms with Crippen molar-refractivity contribution in [3.8, 4) is 0 Å². The molecule has 0 radical (unpaired) electrons. The number of hydrogen-bond acceptors (Lipinski definition) is 7. The molecule has 3 aromatic rings. The molecule has 0 saturated heterocycles. The number of hydrogen-bond donors (Lipinski definition) is 2. The van der Waals surface area contributed by atoms with Gasteiger partial charge in [-0.2, -0.15) is 4.98 Å². The van der Waals surface area contributed by atoms with Crippen LogP contribution in [0.25, 0.3) is 5.65 Å². The average Bonchev–Trinajstić information content (AvgIpc) is 3.31. The molecule has 9 heteroatoms. The lowest BCUT2D eigenvalue weighted by Crippen LogP contribution is -2.12. The third-order valence-corrected chi connectivity index (χ3v) is 3.96. The summed E-state index contributed by atoms with van der Waals surface area (Å²) in [4.78, 5) is 23.4. The Kier molecular flexibility index (Phi) is 3.88. The van der Waals surface area contributed by atoms with Crippen LogP contribution in [-0.4, -0.2) is 36.9 Å². The third-order valence-electron chi connectivity index (χ3n) is 3.96. The highest BCUT2D eigenvalue weighted by atomic mass is 16.6. The summed E-state index contributed by atoms with van der Waals surface area (Å²) in [5, 5.41) is 17.3. The smallest absolute Gasteiger partial charge is 0.329 e. The summed E-state index contributed by atoms with van der Waals surface area (Å²) >= 11 is 0. The maximum atomic E-state index is 11.1. The van der Waals surface area contributed by atoms with Gasteiger partial charge in [-0.15, -0.1) is 0 Å². The predicted molar refractivity (Wildman–Crippen MR) is 92.7 cm³/mol. The molecule has 25 heavy (non-hydrogen) atoms. The average molecular weight is 339 g/mol. The van der Waals surface area contributed by atoms with Crippen molar-refractivity contribution >= 4 is 23.1 Å². The fraction of sp³-hybridized carbons (Fsp3) is 0.312. The Hall–Kier alpha value is -3.23. The molecule has 9 nitrogen and oxygen atoms in total. The number of fused-ring (bicyclic) bond motifs is 1. The van der Waals surface area contributed by atoms with Gasteiger partial charge in [0.05, 0.1) is 10.6 Å². The van der Waals surface area contributed by atoms with E-state index in [9.17, 15) is 10.1 Å². The van der Waals surface area contributed by atoms with E-state index in [0.717, 1.165) is 24.2 Å². The van der Waals surface area contributed by atoms with Crippen LogP contribution in [0, 0.1) is 10.1 Å². The molecule has 2 N–H and O–H groups in total. The molecule has 4 rings (SSSR count). The monoisotopic (exact) mass is 339 g/mol. The topological polar surface area (TPSA) is 110 Å². The first-order chi connectivity index (χ1) is 12.2. The lowest BCUT2D eigenvalue weighted by molar-refractivity contribution is -0.384. The first kappa shape index (κ1) is 15.3. The Morgan fingerprint density at radius 1 is 1.32 bits per heavy atom. The number of aromatic nitrogens is 4. The van der Waals surface area contributed by atoms with Crippen molar-refractivity contribution in [2.75, 3.05) is 17.2 Å². The first-order valence-corrected chi connectivity index (χ1v) is 8.13. The largest absolute Gasteiger partial charge is 0.361 e. The van der Waals surface area contributed by atoms with Crippen LogP contribution in [0.3, 0.4) is 0 Å². The molecular formula is C16H17N7O2. The molecule has 0 unspecified atom stereocenters. The SMILES string of the molecule is O=[N+]([O-])c1cnc(NCCc2cn3ccccc3n2)nc1NC1CC1. The molecule has 128 valence electrons. The van der Waals surface area contributed by atoms with Gasteiger partial charge in [0.15, 0.2) is 0 Å². The third kappa shape index (κ3) is 3.49. The van der Waals surface area contributed by atoms with Crippen LogP contribution in [0.5, 0.6) is 0 Å². The van der Waals surface area contributed by atoms with Crippen molar-refractivity contribution < 1.29 is 4.92 Å². The number of nitro groups is 1. The summed E-state index contributed by atoms with van der Waals surface area (Å²) in [6.45, 7) is 0.588. The summed E-state index contributed by atoms with van der Waals surface area (Å²) in [5.41, 5.74) is 1.76. The lowest BCUT2D eigenvalue weighted by atomic mass is 10.3. The molecular weight excluding hydrogens is 322 g/mol. The maximum absolute atomic E-state index is 11.1. The molecule has 0 bridgehead atoms. The van der Waals surface area contributed by atoms with Crippen LogP contribution in [0.15, 0.2) is 36.8 Å². The highest BCUT2D eigenvalue weighted by molar-refractivity contribution is 5.58. The Bertz CT molecular complexity index is 887. The fourth-order valence-corrected chi connectivity index (χ4v) is 2.53. The molecule has 0 atom stereocenters. The van der Waals surface area contributed by atoms with Gasteiger partial charge in [0.1, 0.15) is 11.8 Å². The number of anilines is 2. The summed E-state index contributed by atoms with van der Waals surface area (Å²) in [7, 11) is 0. The van der Waals surface area contributed by atoms with Gasteiger partial charge in [-0.05, 0) is 25.0 Å². The Balaban J connectivity index is 1.42. The van der Waals surface area contributed by atoms with Gasteiger partial charge in [-0.3, -0.25) is 10.1 Å². The summed E-state index contributed by atoms with van der Waals surface area (Å²) in [5.74, 6) is 0.648. The Labute approximate surface area is 143 Å². The minimum Gasteiger partial charge on any atom is -0.361 e. The Morgan fingerprint density at radius 2 is 2.20 bits per heavy atom. The van der Waals surface area contributed by atoms with Gasteiger partial charge >= 0.3 is 5.69 Å². The molecule has 1 aliphatic carbocycles. The van der Waals surface area contributed by atoms with Crippen LogP contribution >= 0.6 is 0 Å². The zero-order chi connectivity index (χ0) is 17.2. The van der Waals surface area contributed by atoms with Crippen molar-refractivity contribution in [3.05, 3.63) is 52.6 Å². The second kappa shape index (κ2) is 6.34. The van der Waals surface area contributed by atoms with E-state index in [1.165, 1.54) is 6.20 Å². The maximum Gasteiger partial charge on any atom is 0.329 e. The van der Waals surface area contributed by atoms with Crippen LogP contribution in [-0.2, 0) is 6.42 Å². The van der Waals surface area contributed by atoms with E-state index in [2.05, 4.69) is 25.6 Å². The van der Waals surface area contributed by atoms with E-state index in [-0.39, 0.29) is 17.5 Å². The van der Waals surface area contributed by atoms with Crippen LogP contribution in [0.2, 0.25) is 0 Å². The van der Waals surface area contributed by atoms with E-state index >= 15 is 0 Å². The minimum absolute atomic E-state index is 0.0993. The van der Waals surface area contributed by atoms with Crippen LogP contribution in [0.4, 0.5) is 17.5 Å². The number of nitrogens with one attached hydrogen (secondary N) is 2. The quantitative estimate of drug-likeness (QED) is 0.502. The molecule has 0 spiro atoms. The van der Waals surface area contributed by atoms with Gasteiger partial charge in [-0.1, -0.05) is 6.07 Å². The fourth-order valence-electron chi connectivity index (χ4n) is 2.53. The van der Waals surface area contributed by atoms with E-state index in [4.69, 9.17) is 0 Å². The zero-order valence-corrected chi connectivity index (χ0v) is 13.4. The van der Waals surface area contributed by atoms with Gasteiger partial charge in [0.25, 0.3) is 0 Å². The first-order valence-electron chi connectivity index (χ1n) is 8.13. The van der Waals surface area contributed by atoms with Crippen molar-refractivity contribution in [1.29, 1.82) is 0 Å². The molecule has 3 aromatic heterocycles. The number of pyridine rings is 1. The van der Waals surface area contributed by atoms with Crippen LogP contribution in [0.1, 0.15) is 18.5 Å². The predicted octanol–water partition coefficient (Wildman–Crippen LogP) is 2.26. The molecule has 1 aliphatic rings. The van der Waals surface area contributed by atoms with Crippen molar-refractivity contribution in [3.63, 3.8) is 0 Å². The number of nitrogens with zero attached hydrogens (tertiary/aromatic N) is 5. The standard InChI is InChI=1S/C16H17N7O2/c24-23(25)13-9-18-16(21-15(13)20-11-4-5-11)17-7-6-12-10-22-8-2-1-3-14(22)19-12/h1-3,8-11H,4-7H2,(H2,17,18,20,21). The molecule has 0 aliphatic heterocycles. The van der Waals surface area contributed by atoms with Gasteiger partial charge < -0.3 is 15.0 Å². The van der Waals surface area contributed by atoms with E-state index in [1.54, 1.807) is 0 Å². The van der Waals surface area contributed by atoms with E-state index < -0.39 is 4.92 Å². The second-order valence-corrected chi connectivity index (χ2v) is 5.98. The number of imidazole rings is 1. The summed E-state index contributed by atoms with van der Waals surface area (Å²) < 4.78 is 1.97. The summed E-state index contributed by atoms with van der Waals surface area (Å²) in [6, 6.07) is 6.13. The normalized spacial score (nSPS) is 13.8. The van der Waals surface area contributed by atoms with E-state index in [0.29, 0.717) is 18.9 Å². The second-order valence-electron chi connectivity index (χ2n) is 5.98. The molecule has 3 heterocycles. The Morgan fingerprint density at radius 3 is 2.96 bits per heavy atom. The zero-order valence-electron chi connectivity index (χ0n) is 13.4. The van der Waals surface area contributed by atoms with Crippen LogP contribution < -0.4 is 10.6 Å². The summed E-state index contributed by atoms with van der Waals surface area (Å²) in [6.07, 6.45) is 7.90. The van der Waals surface area contributed by atoms with E-state index in [1.807, 2.05) is 35.0 Å². The van der Waals surface area contributed by atoms with Crippen molar-refractivity contribution in [2.24, 2.45) is 0 Å². The highest BCUT2D eigenvalue weighted by Gasteiger charge is 2.26. The highest BCUT2D eigenvalue weighted by Crippen LogP contribution is 2.29. The minimum atomic E-state index is -0.467. The number of rotatable bonds is 7. The van der Waals surface area contributed by atoms with Crippen molar-refractivity contribution in [1.82, 2.24) is 19.4 Å². The molecule has 1 saturated carbocycles. The molecule has 1 fully saturated rings. The van der Waals surface area contributed by atoms with Gasteiger partial charge in [0, 0.05) is 31.4 Å². The van der Waals surface area contributed by atoms with Gasteiger partial charge in [-0.25, -0.2) is 9.97 Å². The molecule has 0 aromatic carbocycles. The van der Waals surface area contributed by atoms with Gasteiger partial charge in [0.2, 0.25) is 11.8 Å². The van der Waals surface area contributed by atoms with Crippen molar-refractivity contribution in [2.45, 2.75) is 25.3 Å². The lowest BCUT2D eigenvalue weighted by Gasteiger charge is -2.07. The molecule has 0 amide bonds.